The van der Waals surface area contributed by atoms with Crippen molar-refractivity contribution >= 4 is 23.1 Å². The molecule has 24 heavy (non-hydrogen) atoms. The van der Waals surface area contributed by atoms with Crippen molar-refractivity contribution in [2.75, 3.05) is 0 Å². The highest BCUT2D eigenvalue weighted by Gasteiger charge is 2.39. The van der Waals surface area contributed by atoms with Gasteiger partial charge in [-0.25, -0.2) is 4.99 Å². The molecule has 1 aromatic heterocycles. The smallest absolute Gasteiger partial charge is 0.151 e. The lowest BCUT2D eigenvalue weighted by Gasteiger charge is -2.33. The summed E-state index contributed by atoms with van der Waals surface area (Å²) in [6.07, 6.45) is 7.74. The molecule has 2 unspecified atom stereocenters. The van der Waals surface area contributed by atoms with Gasteiger partial charge in [0, 0.05) is 22.2 Å². The Kier molecular flexibility index (Phi) is 4.12. The molecule has 2 aromatic rings. The van der Waals surface area contributed by atoms with Crippen LogP contribution in [0.2, 0.25) is 5.02 Å². The third kappa shape index (κ3) is 2.53. The Morgan fingerprint density at radius 2 is 1.92 bits per heavy atom. The highest BCUT2D eigenvalue weighted by Crippen LogP contribution is 2.45. The van der Waals surface area contributed by atoms with Gasteiger partial charge in [-0.05, 0) is 30.4 Å². The fourth-order valence-electron chi connectivity index (χ4n) is 4.11. The molecular formula is C19H19ClN4. The van der Waals surface area contributed by atoms with E-state index in [0.29, 0.717) is 10.9 Å². The maximum atomic E-state index is 9.97. The minimum Gasteiger partial charge on any atom is -0.261 e. The van der Waals surface area contributed by atoms with Crippen LogP contribution in [-0.2, 0) is 0 Å². The van der Waals surface area contributed by atoms with Crippen molar-refractivity contribution in [1.82, 2.24) is 10.2 Å². The lowest BCUT2D eigenvalue weighted by Crippen LogP contribution is -2.32. The summed E-state index contributed by atoms with van der Waals surface area (Å²) in [7, 11) is 0. The van der Waals surface area contributed by atoms with Gasteiger partial charge in [0.05, 0.1) is 18.2 Å². The Balaban J connectivity index is 1.83. The number of nitriles is 1. The van der Waals surface area contributed by atoms with Gasteiger partial charge in [0.1, 0.15) is 0 Å². The van der Waals surface area contributed by atoms with Crippen LogP contribution >= 0.6 is 11.6 Å². The Hall–Kier alpha value is -2.12. The highest BCUT2D eigenvalue weighted by atomic mass is 35.5. The van der Waals surface area contributed by atoms with Gasteiger partial charge >= 0.3 is 0 Å². The van der Waals surface area contributed by atoms with E-state index in [1.54, 1.807) is 6.20 Å². The first-order valence-corrected chi connectivity index (χ1v) is 8.93. The van der Waals surface area contributed by atoms with Crippen molar-refractivity contribution in [3.8, 4) is 6.07 Å². The second-order valence-corrected chi connectivity index (χ2v) is 7.06. The molecular weight excluding hydrogens is 320 g/mol. The van der Waals surface area contributed by atoms with Gasteiger partial charge in [-0.2, -0.15) is 10.4 Å². The first-order valence-electron chi connectivity index (χ1n) is 8.55. The molecule has 5 heteroatoms. The number of rotatable bonds is 2. The van der Waals surface area contributed by atoms with Crippen LogP contribution in [0.15, 0.2) is 35.5 Å². The van der Waals surface area contributed by atoms with Crippen molar-refractivity contribution < 1.29 is 0 Å². The second-order valence-electron chi connectivity index (χ2n) is 6.65. The summed E-state index contributed by atoms with van der Waals surface area (Å²) in [5.74, 6) is 0.793. The van der Waals surface area contributed by atoms with E-state index in [4.69, 9.17) is 16.6 Å². The van der Waals surface area contributed by atoms with Crippen LogP contribution in [0.25, 0.3) is 0 Å². The number of aromatic nitrogens is 2. The van der Waals surface area contributed by atoms with Gasteiger partial charge in [0.2, 0.25) is 0 Å². The van der Waals surface area contributed by atoms with Crippen molar-refractivity contribution in [3.05, 3.63) is 46.6 Å². The molecule has 0 spiro atoms. The second kappa shape index (κ2) is 6.41. The van der Waals surface area contributed by atoms with E-state index in [2.05, 4.69) is 16.3 Å². The van der Waals surface area contributed by atoms with Gasteiger partial charge in [0.15, 0.2) is 5.82 Å². The lowest BCUT2D eigenvalue weighted by atomic mass is 9.72. The fourth-order valence-corrected chi connectivity index (χ4v) is 4.37. The van der Waals surface area contributed by atoms with E-state index >= 15 is 0 Å². The molecule has 1 aromatic carbocycles. The Labute approximate surface area is 146 Å². The summed E-state index contributed by atoms with van der Waals surface area (Å²) < 4.78 is 0. The van der Waals surface area contributed by atoms with Gasteiger partial charge in [-0.15, -0.1) is 0 Å². The van der Waals surface area contributed by atoms with E-state index in [1.807, 2.05) is 24.3 Å². The van der Waals surface area contributed by atoms with E-state index in [9.17, 15) is 5.26 Å². The molecule has 1 aliphatic heterocycles. The van der Waals surface area contributed by atoms with Crippen LogP contribution in [0.5, 0.6) is 0 Å². The number of aliphatic imine (C=N–C) groups is 1. The number of aromatic amines is 1. The number of nitrogens with zero attached hydrogens (tertiary/aromatic N) is 3. The van der Waals surface area contributed by atoms with E-state index in [1.165, 1.54) is 19.3 Å². The summed E-state index contributed by atoms with van der Waals surface area (Å²) in [5.41, 5.74) is 2.96. The zero-order valence-electron chi connectivity index (χ0n) is 13.4. The van der Waals surface area contributed by atoms with Crippen molar-refractivity contribution in [1.29, 1.82) is 5.26 Å². The number of hydrogen-bond donors (Lipinski definition) is 1. The number of halogens is 1. The van der Waals surface area contributed by atoms with Gasteiger partial charge < -0.3 is 0 Å². The van der Waals surface area contributed by atoms with Gasteiger partial charge in [0.25, 0.3) is 0 Å². The van der Waals surface area contributed by atoms with E-state index in [0.717, 1.165) is 35.5 Å². The molecule has 1 aliphatic carbocycles. The van der Waals surface area contributed by atoms with Gasteiger partial charge in [-0.1, -0.05) is 49.1 Å². The molecule has 1 N–H and O–H groups in total. The molecule has 4 nitrogen and oxygen atoms in total. The summed E-state index contributed by atoms with van der Waals surface area (Å²) in [4.78, 5) is 4.82. The third-order valence-corrected chi connectivity index (χ3v) is 5.62. The fraction of sp³-hybridized carbons (Fsp3) is 0.421. The van der Waals surface area contributed by atoms with Crippen LogP contribution in [0, 0.1) is 23.2 Å². The molecule has 2 aliphatic rings. The minimum absolute atomic E-state index is 0.105. The normalized spacial score (nSPS) is 24.1. The maximum absolute atomic E-state index is 9.97. The number of H-pyrrole nitrogens is 1. The summed E-state index contributed by atoms with van der Waals surface area (Å²) in [6, 6.07) is 10.3. The zero-order chi connectivity index (χ0) is 16.5. The van der Waals surface area contributed by atoms with Crippen LogP contribution in [0.3, 0.4) is 0 Å². The quantitative estimate of drug-likeness (QED) is 0.837. The SMILES string of the molecule is N#CC1C(C2CCCCC2)=Nc2[nH]ncc2C1c1ccccc1Cl. The molecule has 4 rings (SSSR count). The zero-order valence-corrected chi connectivity index (χ0v) is 14.1. The Morgan fingerprint density at radius 1 is 1.12 bits per heavy atom. The topological polar surface area (TPSA) is 64.8 Å². The molecule has 0 bridgehead atoms. The van der Waals surface area contributed by atoms with Crippen molar-refractivity contribution in [2.24, 2.45) is 16.8 Å². The number of hydrogen-bond acceptors (Lipinski definition) is 3. The van der Waals surface area contributed by atoms with E-state index in [-0.39, 0.29) is 11.8 Å². The average molecular weight is 339 g/mol. The maximum Gasteiger partial charge on any atom is 0.151 e. The molecule has 2 heterocycles. The first kappa shape index (κ1) is 15.4. The monoisotopic (exact) mass is 338 g/mol. The van der Waals surface area contributed by atoms with Crippen molar-refractivity contribution in [3.63, 3.8) is 0 Å². The number of benzene rings is 1. The molecule has 2 atom stereocenters. The summed E-state index contributed by atoms with van der Waals surface area (Å²) in [5, 5.41) is 17.8. The van der Waals surface area contributed by atoms with Crippen LogP contribution in [0.4, 0.5) is 5.82 Å². The predicted octanol–water partition coefficient (Wildman–Crippen LogP) is 5.00. The Morgan fingerprint density at radius 3 is 2.67 bits per heavy atom. The largest absolute Gasteiger partial charge is 0.261 e. The van der Waals surface area contributed by atoms with Crippen LogP contribution in [0.1, 0.15) is 49.1 Å². The van der Waals surface area contributed by atoms with Gasteiger partial charge in [-0.3, -0.25) is 5.10 Å². The molecule has 1 saturated carbocycles. The molecule has 122 valence electrons. The molecule has 1 fully saturated rings. The molecule has 0 amide bonds. The standard InChI is InChI=1S/C19H19ClN4/c20-16-9-5-4-8-13(16)17-14(10-21)18(12-6-2-1-3-7-12)23-19-15(17)11-22-24-19/h4-5,8-9,11-12,14,17H,1-3,6-7H2,(H,22,24). The third-order valence-electron chi connectivity index (χ3n) is 5.28. The minimum atomic E-state index is -0.280. The summed E-state index contributed by atoms with van der Waals surface area (Å²) in [6.45, 7) is 0. The summed E-state index contributed by atoms with van der Waals surface area (Å²) >= 11 is 6.47. The number of fused-ring (bicyclic) bond motifs is 1. The van der Waals surface area contributed by atoms with Crippen LogP contribution < -0.4 is 0 Å². The molecule has 0 radical (unpaired) electrons. The Bertz CT molecular complexity index is 811. The van der Waals surface area contributed by atoms with Crippen LogP contribution in [-0.4, -0.2) is 15.9 Å². The van der Waals surface area contributed by atoms with Crippen molar-refractivity contribution in [2.45, 2.75) is 38.0 Å². The predicted molar refractivity (Wildman–Crippen MR) is 94.7 cm³/mol. The van der Waals surface area contributed by atoms with E-state index < -0.39 is 0 Å². The molecule has 0 saturated heterocycles. The average Bonchev–Trinajstić information content (AvgIpc) is 3.10. The first-order chi connectivity index (χ1) is 11.8. The lowest BCUT2D eigenvalue weighted by molar-refractivity contribution is 0.427. The highest BCUT2D eigenvalue weighted by molar-refractivity contribution is 6.31. The number of nitrogens with one attached hydrogen (secondary N) is 1.